The highest BCUT2D eigenvalue weighted by Crippen LogP contribution is 2.41. The van der Waals surface area contributed by atoms with E-state index in [0.29, 0.717) is 0 Å². The predicted octanol–water partition coefficient (Wildman–Crippen LogP) is 2.44. The number of carbonyl (C=O) groups is 2. The molecule has 4 N–H and O–H groups in total. The highest BCUT2D eigenvalue weighted by atomic mass is 16.7. The summed E-state index contributed by atoms with van der Waals surface area (Å²) in [6.07, 6.45) is -10.8. The summed E-state index contributed by atoms with van der Waals surface area (Å²) >= 11 is 0. The molecule has 0 bridgehead atoms. The lowest BCUT2D eigenvalue weighted by molar-refractivity contribution is -0.319. The van der Waals surface area contributed by atoms with Gasteiger partial charge in [0.25, 0.3) is 0 Å². The number of hydrogen-bond donors (Lipinski definition) is 4. The highest BCUT2D eigenvalue weighted by Gasteiger charge is 2.54. The summed E-state index contributed by atoms with van der Waals surface area (Å²) in [5, 5.41) is 45.7. The standard InChI is InChI=1S/C38H69NO13/c1-15-26-38(10,45)31(42)21(4)28(40)19(2)17-37(9,47-14)33(52-35-29(41)25(39(11)12)16-20(3)48-35)22(5)30(23(6)34(44)50-26)51-27-18-36(8,46-13)32(43)24(7)49-27/h19-27,29-33,35,41-43,45H,15-18H2,1-14H3/t19-,20-,21+,22+,23-,24+,25+,26-,27+,29-,30+,31-,32+,33-,35+,36-,37-,38-/m1/s1/i11D3. The second-order valence-corrected chi connectivity index (χ2v) is 16.3. The van der Waals surface area contributed by atoms with E-state index in [9.17, 15) is 30.0 Å². The van der Waals surface area contributed by atoms with Gasteiger partial charge in [0.2, 0.25) is 0 Å². The summed E-state index contributed by atoms with van der Waals surface area (Å²) in [6, 6.07) is -0.887. The van der Waals surface area contributed by atoms with Crippen LogP contribution in [0.3, 0.4) is 0 Å². The molecule has 0 aromatic heterocycles. The van der Waals surface area contributed by atoms with E-state index in [1.165, 1.54) is 35.1 Å². The van der Waals surface area contributed by atoms with Crippen molar-refractivity contribution in [2.75, 3.05) is 28.2 Å². The number of hydrogen-bond acceptors (Lipinski definition) is 14. The lowest BCUT2D eigenvalue weighted by Gasteiger charge is -2.50. The molecule has 52 heavy (non-hydrogen) atoms. The third kappa shape index (κ3) is 9.38. The van der Waals surface area contributed by atoms with E-state index in [1.807, 2.05) is 0 Å². The number of ketones is 1. The molecule has 3 aliphatic rings. The van der Waals surface area contributed by atoms with Gasteiger partial charge < -0.3 is 58.5 Å². The van der Waals surface area contributed by atoms with Crippen LogP contribution in [-0.2, 0) is 42.7 Å². The van der Waals surface area contributed by atoms with Gasteiger partial charge in [-0.1, -0.05) is 27.7 Å². The van der Waals surface area contributed by atoms with E-state index < -0.39 is 121 Å². The van der Waals surface area contributed by atoms with Crippen LogP contribution in [-0.4, -0.2) is 150 Å². The summed E-state index contributed by atoms with van der Waals surface area (Å²) in [4.78, 5) is 29.3. The molecule has 18 atom stereocenters. The van der Waals surface area contributed by atoms with Gasteiger partial charge in [-0.25, -0.2) is 0 Å². The lowest BCUT2D eigenvalue weighted by atomic mass is 9.74. The van der Waals surface area contributed by atoms with Crippen molar-refractivity contribution in [3.05, 3.63) is 0 Å². The van der Waals surface area contributed by atoms with Crippen LogP contribution in [0.25, 0.3) is 0 Å². The molecule has 304 valence electrons. The maximum atomic E-state index is 14.2. The molecule has 0 amide bonds. The normalized spacial score (nSPS) is 50.1. The third-order valence-electron chi connectivity index (χ3n) is 12.1. The maximum Gasteiger partial charge on any atom is 0.311 e. The number of aliphatic hydroxyl groups excluding tert-OH is 3. The van der Waals surface area contributed by atoms with Crippen LogP contribution in [0.1, 0.15) is 99.0 Å². The minimum atomic E-state index is -2.53. The first-order valence-corrected chi connectivity index (χ1v) is 18.7. The fourth-order valence-electron chi connectivity index (χ4n) is 8.46. The quantitative estimate of drug-likeness (QED) is 0.266. The van der Waals surface area contributed by atoms with E-state index >= 15 is 0 Å². The SMILES string of the molecule is [2H]C([2H])([2H])N(C)[C@H]1C[C@@H](C)O[C@@H](O[C@@H]2[C@@H](C)[C@H](O[C@H]3C[C@@](C)(OC)[C@@H](O)[C@H](C)O3)[C@@H](C)C(=O)O[C@H](CC)[C@@](C)(O)[C@H](O)[C@@H](C)C(=O)[C@H](C)C[C@@]2(C)OC)[C@@H]1O. The van der Waals surface area contributed by atoms with Crippen LogP contribution in [0, 0.1) is 23.7 Å². The number of esters is 1. The van der Waals surface area contributed by atoms with E-state index in [2.05, 4.69) is 0 Å². The smallest absolute Gasteiger partial charge is 0.311 e. The minimum Gasteiger partial charge on any atom is -0.459 e. The Kier molecular flexibility index (Phi) is 13.7. The zero-order chi connectivity index (χ0) is 42.2. The fourth-order valence-corrected chi connectivity index (χ4v) is 8.46. The zero-order valence-corrected chi connectivity index (χ0v) is 33.4. The van der Waals surface area contributed by atoms with Crippen molar-refractivity contribution in [2.45, 2.75) is 179 Å². The number of aliphatic hydroxyl groups is 4. The van der Waals surface area contributed by atoms with Crippen molar-refractivity contribution in [3.63, 3.8) is 0 Å². The summed E-state index contributed by atoms with van der Waals surface area (Å²) in [5.74, 6) is -4.95. The largest absolute Gasteiger partial charge is 0.459 e. The first-order valence-electron chi connectivity index (χ1n) is 20.2. The molecule has 3 aliphatic heterocycles. The molecule has 0 aromatic carbocycles. The lowest BCUT2D eigenvalue weighted by Crippen LogP contribution is -2.61. The third-order valence-corrected chi connectivity index (χ3v) is 12.1. The van der Waals surface area contributed by atoms with Crippen LogP contribution < -0.4 is 0 Å². The van der Waals surface area contributed by atoms with E-state index in [1.54, 1.807) is 55.4 Å². The topological polar surface area (TPSA) is 183 Å². The van der Waals surface area contributed by atoms with Crippen LogP contribution in [0.4, 0.5) is 0 Å². The van der Waals surface area contributed by atoms with Crippen molar-refractivity contribution in [2.24, 2.45) is 23.7 Å². The molecule has 3 saturated heterocycles. The molecule has 0 aliphatic carbocycles. The van der Waals surface area contributed by atoms with Crippen molar-refractivity contribution in [1.82, 2.24) is 4.90 Å². The summed E-state index contributed by atoms with van der Waals surface area (Å²) < 4.78 is 67.6. The Morgan fingerprint density at radius 2 is 1.52 bits per heavy atom. The molecule has 0 radical (unpaired) electrons. The van der Waals surface area contributed by atoms with Crippen molar-refractivity contribution < 1.29 is 67.3 Å². The predicted molar refractivity (Wildman–Crippen MR) is 191 cm³/mol. The molecule has 3 heterocycles. The Hall–Kier alpha value is -1.30. The minimum absolute atomic E-state index is 0.0150. The van der Waals surface area contributed by atoms with Gasteiger partial charge in [-0.2, -0.15) is 0 Å². The van der Waals surface area contributed by atoms with Gasteiger partial charge in [0.1, 0.15) is 29.7 Å². The van der Waals surface area contributed by atoms with Crippen LogP contribution in [0.2, 0.25) is 0 Å². The van der Waals surface area contributed by atoms with E-state index in [0.717, 1.165) is 4.90 Å². The van der Waals surface area contributed by atoms with Gasteiger partial charge in [0.15, 0.2) is 12.6 Å². The average molecular weight is 751 g/mol. The molecule has 3 rings (SSSR count). The van der Waals surface area contributed by atoms with Gasteiger partial charge in [-0.3, -0.25) is 9.59 Å². The molecule has 14 nitrogen and oxygen atoms in total. The Morgan fingerprint density at radius 3 is 2.08 bits per heavy atom. The Morgan fingerprint density at radius 1 is 0.904 bits per heavy atom. The van der Waals surface area contributed by atoms with Crippen LogP contribution in [0.15, 0.2) is 0 Å². The number of carbonyl (C=O) groups excluding carboxylic acids is 2. The molecule has 0 spiro atoms. The van der Waals surface area contributed by atoms with E-state index in [-0.39, 0.29) is 31.5 Å². The number of cyclic esters (lactones) is 1. The molecular formula is C38H69NO13. The number of Topliss-reactive ketones (excluding diaryl/α,β-unsaturated/α-hetero) is 1. The first kappa shape index (κ1) is 40.4. The van der Waals surface area contributed by atoms with Crippen LogP contribution in [0.5, 0.6) is 0 Å². The molecule has 0 unspecified atom stereocenters. The molecule has 3 fully saturated rings. The zero-order valence-electron chi connectivity index (χ0n) is 36.4. The average Bonchev–Trinajstić information content (AvgIpc) is 3.11. The first-order chi connectivity index (χ1) is 25.2. The highest BCUT2D eigenvalue weighted by molar-refractivity contribution is 5.83. The second-order valence-electron chi connectivity index (χ2n) is 16.3. The number of ether oxygens (including phenoxy) is 7. The van der Waals surface area contributed by atoms with Gasteiger partial charge in [0.05, 0.1) is 47.6 Å². The number of methoxy groups -OCH3 is 2. The van der Waals surface area contributed by atoms with Gasteiger partial charge in [0, 0.05) is 48.5 Å². The fraction of sp³-hybridized carbons (Fsp3) is 0.947. The Balaban J connectivity index is 2.24. The Labute approximate surface area is 314 Å². The maximum absolute atomic E-state index is 14.2. The summed E-state index contributed by atoms with van der Waals surface area (Å²) in [7, 11) is 4.31. The molecular weight excluding hydrogens is 678 g/mol. The summed E-state index contributed by atoms with van der Waals surface area (Å²) in [5.41, 5.74) is -4.47. The monoisotopic (exact) mass is 750 g/mol. The van der Waals surface area contributed by atoms with Crippen molar-refractivity contribution in [1.29, 1.82) is 0 Å². The van der Waals surface area contributed by atoms with Gasteiger partial charge >= 0.3 is 5.97 Å². The molecule has 0 aromatic rings. The number of rotatable bonds is 8. The molecule has 14 heteroatoms. The Bertz CT molecular complexity index is 1290. The van der Waals surface area contributed by atoms with E-state index in [4.69, 9.17) is 37.3 Å². The van der Waals surface area contributed by atoms with Crippen LogP contribution >= 0.6 is 0 Å². The van der Waals surface area contributed by atoms with Gasteiger partial charge in [-0.15, -0.1) is 0 Å². The molecule has 0 saturated carbocycles. The van der Waals surface area contributed by atoms with Gasteiger partial charge in [-0.05, 0) is 74.8 Å². The number of likely N-dealkylation sites (N-methyl/N-ethyl adjacent to an activating group) is 1. The second kappa shape index (κ2) is 17.7. The summed E-state index contributed by atoms with van der Waals surface area (Å²) in [6.45, 7) is 13.9. The van der Waals surface area contributed by atoms with Crippen molar-refractivity contribution >= 4 is 11.8 Å². The van der Waals surface area contributed by atoms with Crippen molar-refractivity contribution in [3.8, 4) is 0 Å². The number of nitrogens with zero attached hydrogens (tertiary/aromatic N) is 1.